The molecule has 1 fully saturated rings. The maximum atomic E-state index is 3.75. The molecule has 1 aromatic rings. The molecular formula is C16H27NS. The summed E-state index contributed by atoms with van der Waals surface area (Å²) in [4.78, 5) is 2.99. The molecule has 102 valence electrons. The van der Waals surface area contributed by atoms with Gasteiger partial charge in [-0.3, -0.25) is 0 Å². The monoisotopic (exact) mass is 265 g/mol. The first-order chi connectivity index (χ1) is 8.55. The molecule has 1 aliphatic rings. The fraction of sp³-hybridized carbons (Fsp3) is 0.750. The van der Waals surface area contributed by atoms with Gasteiger partial charge in [0.15, 0.2) is 0 Å². The van der Waals surface area contributed by atoms with Crippen LogP contribution in [0.1, 0.15) is 69.1 Å². The van der Waals surface area contributed by atoms with Crippen molar-refractivity contribution in [2.75, 3.05) is 0 Å². The molecular weight excluding hydrogens is 238 g/mol. The van der Waals surface area contributed by atoms with Crippen LogP contribution in [0.3, 0.4) is 0 Å². The summed E-state index contributed by atoms with van der Waals surface area (Å²) in [6.45, 7) is 7.94. The van der Waals surface area contributed by atoms with Gasteiger partial charge in [-0.15, -0.1) is 11.3 Å². The normalized spacial score (nSPS) is 18.8. The summed E-state index contributed by atoms with van der Waals surface area (Å²) in [5.41, 5.74) is 0.297. The quantitative estimate of drug-likeness (QED) is 0.770. The van der Waals surface area contributed by atoms with E-state index in [1.807, 2.05) is 11.3 Å². The molecule has 0 aliphatic heterocycles. The molecule has 2 rings (SSSR count). The van der Waals surface area contributed by atoms with Crippen molar-refractivity contribution >= 4 is 11.3 Å². The van der Waals surface area contributed by atoms with E-state index in [9.17, 15) is 0 Å². The van der Waals surface area contributed by atoms with Crippen molar-refractivity contribution in [2.24, 2.45) is 0 Å². The van der Waals surface area contributed by atoms with Gasteiger partial charge in [0.2, 0.25) is 0 Å². The minimum Gasteiger partial charge on any atom is -0.309 e. The second kappa shape index (κ2) is 6.21. The van der Waals surface area contributed by atoms with Gasteiger partial charge < -0.3 is 5.32 Å². The van der Waals surface area contributed by atoms with Crippen molar-refractivity contribution in [2.45, 2.75) is 77.3 Å². The maximum absolute atomic E-state index is 3.75. The zero-order chi connectivity index (χ0) is 13.0. The highest BCUT2D eigenvalue weighted by Crippen LogP contribution is 2.29. The number of nitrogens with one attached hydrogen (secondary N) is 1. The highest BCUT2D eigenvalue weighted by atomic mass is 32.1. The van der Waals surface area contributed by atoms with Crippen molar-refractivity contribution in [3.05, 3.63) is 21.9 Å². The van der Waals surface area contributed by atoms with Crippen LogP contribution in [0.4, 0.5) is 0 Å². The lowest BCUT2D eigenvalue weighted by Gasteiger charge is -2.16. The molecule has 1 saturated carbocycles. The van der Waals surface area contributed by atoms with Crippen molar-refractivity contribution in [3.8, 4) is 0 Å². The van der Waals surface area contributed by atoms with Crippen LogP contribution < -0.4 is 5.32 Å². The molecule has 0 saturated heterocycles. The van der Waals surface area contributed by atoms with Crippen LogP contribution in [0, 0.1) is 0 Å². The number of rotatable bonds is 3. The van der Waals surface area contributed by atoms with Crippen molar-refractivity contribution in [1.82, 2.24) is 5.32 Å². The molecule has 0 aromatic carbocycles. The third-order valence-corrected chi connectivity index (χ3v) is 5.33. The van der Waals surface area contributed by atoms with Crippen molar-refractivity contribution < 1.29 is 0 Å². The Morgan fingerprint density at radius 2 is 1.78 bits per heavy atom. The smallest absolute Gasteiger partial charge is 0.0302 e. The zero-order valence-corrected chi connectivity index (χ0v) is 12.9. The molecule has 1 aromatic heterocycles. The van der Waals surface area contributed by atoms with Gasteiger partial charge in [-0.2, -0.15) is 0 Å². The zero-order valence-electron chi connectivity index (χ0n) is 12.1. The first kappa shape index (κ1) is 14.1. The van der Waals surface area contributed by atoms with Crippen LogP contribution in [-0.2, 0) is 12.0 Å². The lowest BCUT2D eigenvalue weighted by molar-refractivity contribution is 0.461. The summed E-state index contributed by atoms with van der Waals surface area (Å²) in [5.74, 6) is 0. The fourth-order valence-corrected chi connectivity index (χ4v) is 3.62. The standard InChI is InChI=1S/C16H27NS/c1-16(2,3)15-11-10-14(18-15)12-17-13-8-6-4-5-7-9-13/h10-11,13,17H,4-9,12H2,1-3H3. The summed E-state index contributed by atoms with van der Waals surface area (Å²) >= 11 is 1.97. The minimum atomic E-state index is 0.297. The van der Waals surface area contributed by atoms with E-state index in [4.69, 9.17) is 0 Å². The van der Waals surface area contributed by atoms with Crippen LogP contribution >= 0.6 is 11.3 Å². The highest BCUT2D eigenvalue weighted by Gasteiger charge is 2.16. The van der Waals surface area contributed by atoms with E-state index >= 15 is 0 Å². The van der Waals surface area contributed by atoms with Gasteiger partial charge in [0.05, 0.1) is 0 Å². The van der Waals surface area contributed by atoms with Gasteiger partial charge in [0, 0.05) is 22.3 Å². The molecule has 0 radical (unpaired) electrons. The summed E-state index contributed by atoms with van der Waals surface area (Å²) in [7, 11) is 0. The molecule has 1 N–H and O–H groups in total. The number of hydrogen-bond acceptors (Lipinski definition) is 2. The third kappa shape index (κ3) is 4.10. The molecule has 2 heteroatoms. The average molecular weight is 265 g/mol. The van der Waals surface area contributed by atoms with E-state index < -0.39 is 0 Å². The van der Waals surface area contributed by atoms with Gasteiger partial charge in [-0.1, -0.05) is 46.5 Å². The Morgan fingerprint density at radius 3 is 2.33 bits per heavy atom. The largest absolute Gasteiger partial charge is 0.309 e. The van der Waals surface area contributed by atoms with Crippen molar-refractivity contribution in [1.29, 1.82) is 0 Å². The molecule has 18 heavy (non-hydrogen) atoms. The Bertz CT molecular complexity index is 353. The summed E-state index contributed by atoms with van der Waals surface area (Å²) in [5, 5.41) is 3.75. The van der Waals surface area contributed by atoms with E-state index in [1.54, 1.807) is 0 Å². The Labute approximate surface area is 116 Å². The predicted molar refractivity (Wildman–Crippen MR) is 81.3 cm³/mol. The molecule has 0 amide bonds. The molecule has 0 atom stereocenters. The molecule has 1 aliphatic carbocycles. The molecule has 0 spiro atoms. The Kier molecular flexibility index (Phi) is 4.85. The summed E-state index contributed by atoms with van der Waals surface area (Å²) < 4.78 is 0. The topological polar surface area (TPSA) is 12.0 Å². The predicted octanol–water partition coefficient (Wildman–Crippen LogP) is 4.86. The van der Waals surface area contributed by atoms with E-state index in [0.717, 1.165) is 12.6 Å². The van der Waals surface area contributed by atoms with Gasteiger partial charge >= 0.3 is 0 Å². The van der Waals surface area contributed by atoms with Crippen molar-refractivity contribution in [3.63, 3.8) is 0 Å². The Morgan fingerprint density at radius 1 is 1.11 bits per heavy atom. The first-order valence-electron chi connectivity index (χ1n) is 7.38. The van der Waals surface area contributed by atoms with Gasteiger partial charge in [0.1, 0.15) is 0 Å². The molecule has 0 bridgehead atoms. The maximum Gasteiger partial charge on any atom is 0.0302 e. The van der Waals surface area contributed by atoms with Gasteiger partial charge in [0.25, 0.3) is 0 Å². The van der Waals surface area contributed by atoms with E-state index in [0.29, 0.717) is 5.41 Å². The van der Waals surface area contributed by atoms with E-state index in [1.165, 1.54) is 48.3 Å². The van der Waals surface area contributed by atoms with Crippen LogP contribution in [-0.4, -0.2) is 6.04 Å². The SMILES string of the molecule is CC(C)(C)c1ccc(CNC2CCCCCC2)s1. The van der Waals surface area contributed by atoms with Gasteiger partial charge in [-0.05, 0) is 30.4 Å². The van der Waals surface area contributed by atoms with Crippen LogP contribution in [0.5, 0.6) is 0 Å². The average Bonchev–Trinajstić information content (AvgIpc) is 2.64. The lowest BCUT2D eigenvalue weighted by atomic mass is 9.95. The second-order valence-corrected chi connectivity index (χ2v) is 7.75. The minimum absolute atomic E-state index is 0.297. The van der Waals surface area contributed by atoms with Gasteiger partial charge in [-0.25, -0.2) is 0 Å². The molecule has 1 nitrogen and oxygen atoms in total. The fourth-order valence-electron chi connectivity index (χ4n) is 2.60. The number of thiophene rings is 1. The third-order valence-electron chi connectivity index (χ3n) is 3.82. The summed E-state index contributed by atoms with van der Waals surface area (Å²) in [6.07, 6.45) is 8.44. The van der Waals surface area contributed by atoms with E-state index in [-0.39, 0.29) is 0 Å². The number of hydrogen-bond donors (Lipinski definition) is 1. The molecule has 0 unspecified atom stereocenters. The Balaban J connectivity index is 1.84. The lowest BCUT2D eigenvalue weighted by Crippen LogP contribution is -2.27. The molecule has 1 heterocycles. The summed E-state index contributed by atoms with van der Waals surface area (Å²) in [6, 6.07) is 5.36. The van der Waals surface area contributed by atoms with Crippen LogP contribution in [0.25, 0.3) is 0 Å². The second-order valence-electron chi connectivity index (χ2n) is 6.59. The first-order valence-corrected chi connectivity index (χ1v) is 8.20. The van der Waals surface area contributed by atoms with Crippen LogP contribution in [0.15, 0.2) is 12.1 Å². The van der Waals surface area contributed by atoms with E-state index in [2.05, 4.69) is 38.2 Å². The highest BCUT2D eigenvalue weighted by molar-refractivity contribution is 7.12. The van der Waals surface area contributed by atoms with Crippen LogP contribution in [0.2, 0.25) is 0 Å². The Hall–Kier alpha value is -0.340.